The van der Waals surface area contributed by atoms with Crippen LogP contribution in [0, 0.1) is 5.92 Å². The first kappa shape index (κ1) is 13.5. The highest BCUT2D eigenvalue weighted by atomic mass is 32.1. The van der Waals surface area contributed by atoms with Gasteiger partial charge in [-0.05, 0) is 32.1 Å². The maximum Gasteiger partial charge on any atom is 0.309 e. The van der Waals surface area contributed by atoms with Crippen molar-refractivity contribution >= 4 is 28.2 Å². The highest BCUT2D eigenvalue weighted by molar-refractivity contribution is 7.17. The molecule has 20 heavy (non-hydrogen) atoms. The molecular formula is C14H18N2O3S. The number of hydrogen-bond donors (Lipinski definition) is 0. The maximum atomic E-state index is 12.0. The number of carbonyl (C=O) groups is 2. The molecule has 0 amide bonds. The SMILES string of the molecule is O=C(COC(=O)C1CC1)c1cnc(N2CCCCC2)s1. The quantitative estimate of drug-likeness (QED) is 0.616. The standard InChI is InChI=1S/C14H18N2O3S/c17-11(9-19-13(18)10-4-5-10)12-8-15-14(20-12)16-6-2-1-3-7-16/h8,10H,1-7,9H2. The van der Waals surface area contributed by atoms with Gasteiger partial charge in [0.25, 0.3) is 0 Å². The second kappa shape index (κ2) is 5.91. The molecule has 2 heterocycles. The van der Waals surface area contributed by atoms with Crippen LogP contribution in [0.1, 0.15) is 41.8 Å². The van der Waals surface area contributed by atoms with Crippen LogP contribution in [0.4, 0.5) is 5.13 Å². The van der Waals surface area contributed by atoms with Gasteiger partial charge in [0.2, 0.25) is 5.78 Å². The monoisotopic (exact) mass is 294 g/mol. The van der Waals surface area contributed by atoms with Gasteiger partial charge in [-0.3, -0.25) is 9.59 Å². The van der Waals surface area contributed by atoms with Gasteiger partial charge >= 0.3 is 5.97 Å². The Morgan fingerprint density at radius 2 is 2.05 bits per heavy atom. The van der Waals surface area contributed by atoms with E-state index < -0.39 is 0 Å². The van der Waals surface area contributed by atoms with E-state index in [-0.39, 0.29) is 24.3 Å². The lowest BCUT2D eigenvalue weighted by atomic mass is 10.1. The summed E-state index contributed by atoms with van der Waals surface area (Å²) in [5, 5.41) is 0.904. The van der Waals surface area contributed by atoms with E-state index in [1.54, 1.807) is 6.20 Å². The van der Waals surface area contributed by atoms with Gasteiger partial charge in [-0.25, -0.2) is 4.98 Å². The van der Waals surface area contributed by atoms with E-state index in [4.69, 9.17) is 4.74 Å². The molecule has 0 unspecified atom stereocenters. The summed E-state index contributed by atoms with van der Waals surface area (Å²) >= 11 is 1.40. The predicted octanol–water partition coefficient (Wildman–Crippen LogP) is 2.27. The fraction of sp³-hybridized carbons (Fsp3) is 0.643. The second-order valence-electron chi connectivity index (χ2n) is 5.36. The number of ether oxygens (including phenoxy) is 1. The summed E-state index contributed by atoms with van der Waals surface area (Å²) in [5.74, 6) is -0.355. The molecule has 1 aliphatic heterocycles. The summed E-state index contributed by atoms with van der Waals surface area (Å²) in [7, 11) is 0. The number of Topliss-reactive ketones (excluding diaryl/α,β-unsaturated/α-hetero) is 1. The van der Waals surface area contributed by atoms with E-state index in [9.17, 15) is 9.59 Å². The van der Waals surface area contributed by atoms with Crippen molar-refractivity contribution in [2.45, 2.75) is 32.1 Å². The minimum Gasteiger partial charge on any atom is -0.457 e. The minimum atomic E-state index is -0.237. The Hall–Kier alpha value is -1.43. The van der Waals surface area contributed by atoms with Crippen molar-refractivity contribution in [3.05, 3.63) is 11.1 Å². The smallest absolute Gasteiger partial charge is 0.309 e. The van der Waals surface area contributed by atoms with Gasteiger partial charge in [0.05, 0.1) is 17.0 Å². The summed E-state index contributed by atoms with van der Waals surface area (Å²) in [6.45, 7) is 1.87. The van der Waals surface area contributed by atoms with Crippen LogP contribution >= 0.6 is 11.3 Å². The van der Waals surface area contributed by atoms with Crippen LogP contribution in [-0.2, 0) is 9.53 Å². The molecule has 0 aromatic carbocycles. The molecule has 0 spiro atoms. The van der Waals surface area contributed by atoms with E-state index in [1.807, 2.05) is 0 Å². The molecule has 6 heteroatoms. The van der Waals surface area contributed by atoms with E-state index in [0.29, 0.717) is 4.88 Å². The van der Waals surface area contributed by atoms with Crippen molar-refractivity contribution in [3.63, 3.8) is 0 Å². The zero-order chi connectivity index (χ0) is 13.9. The third kappa shape index (κ3) is 3.17. The van der Waals surface area contributed by atoms with Crippen molar-refractivity contribution in [2.75, 3.05) is 24.6 Å². The normalized spacial score (nSPS) is 18.9. The van der Waals surface area contributed by atoms with Gasteiger partial charge in [-0.15, -0.1) is 0 Å². The molecule has 2 aliphatic rings. The molecule has 1 saturated carbocycles. The molecule has 0 radical (unpaired) electrons. The third-order valence-corrected chi connectivity index (χ3v) is 4.75. The van der Waals surface area contributed by atoms with Gasteiger partial charge < -0.3 is 9.64 Å². The number of piperidine rings is 1. The van der Waals surface area contributed by atoms with E-state index in [2.05, 4.69) is 9.88 Å². The number of esters is 1. The number of carbonyl (C=O) groups excluding carboxylic acids is 2. The van der Waals surface area contributed by atoms with Gasteiger partial charge in [-0.1, -0.05) is 11.3 Å². The Morgan fingerprint density at radius 1 is 1.30 bits per heavy atom. The zero-order valence-electron chi connectivity index (χ0n) is 11.3. The Bertz CT molecular complexity index is 504. The van der Waals surface area contributed by atoms with E-state index >= 15 is 0 Å². The van der Waals surface area contributed by atoms with Crippen LogP contribution < -0.4 is 4.90 Å². The number of aromatic nitrogens is 1. The number of anilines is 1. The summed E-state index contributed by atoms with van der Waals surface area (Å²) in [6.07, 6.45) is 7.02. The molecule has 1 aromatic heterocycles. The Balaban J connectivity index is 1.54. The third-order valence-electron chi connectivity index (χ3n) is 3.65. The molecule has 1 aliphatic carbocycles. The molecule has 0 atom stereocenters. The van der Waals surface area contributed by atoms with E-state index in [1.165, 1.54) is 30.6 Å². The molecule has 108 valence electrons. The number of ketones is 1. The molecule has 0 N–H and O–H groups in total. The Kier molecular flexibility index (Phi) is 4.00. The summed E-state index contributed by atoms with van der Waals surface area (Å²) in [5.41, 5.74) is 0. The molecular weight excluding hydrogens is 276 g/mol. The van der Waals surface area contributed by atoms with Crippen LogP contribution in [-0.4, -0.2) is 36.4 Å². The molecule has 1 aromatic rings. The Labute approximate surface area is 121 Å². The number of thiazole rings is 1. The highest BCUT2D eigenvalue weighted by Gasteiger charge is 2.31. The minimum absolute atomic E-state index is 0.0353. The van der Waals surface area contributed by atoms with Gasteiger partial charge in [0, 0.05) is 13.1 Å². The van der Waals surface area contributed by atoms with Crippen LogP contribution in [0.5, 0.6) is 0 Å². The summed E-state index contributed by atoms with van der Waals surface area (Å²) < 4.78 is 5.01. The van der Waals surface area contributed by atoms with E-state index in [0.717, 1.165) is 31.1 Å². The molecule has 3 rings (SSSR count). The number of hydrogen-bond acceptors (Lipinski definition) is 6. The first-order valence-corrected chi connectivity index (χ1v) is 7.96. The molecule has 2 fully saturated rings. The Morgan fingerprint density at radius 3 is 2.75 bits per heavy atom. The van der Waals surface area contributed by atoms with Crippen molar-refractivity contribution in [1.29, 1.82) is 0 Å². The lowest BCUT2D eigenvalue weighted by Crippen LogP contribution is -2.29. The topological polar surface area (TPSA) is 59.5 Å². The number of rotatable bonds is 5. The molecule has 5 nitrogen and oxygen atoms in total. The van der Waals surface area contributed by atoms with Crippen molar-refractivity contribution < 1.29 is 14.3 Å². The van der Waals surface area contributed by atoms with Gasteiger partial charge in [0.1, 0.15) is 0 Å². The van der Waals surface area contributed by atoms with Crippen LogP contribution in [0.2, 0.25) is 0 Å². The lowest BCUT2D eigenvalue weighted by molar-refractivity contribution is -0.144. The average molecular weight is 294 g/mol. The summed E-state index contributed by atoms with van der Waals surface area (Å²) in [4.78, 5) is 30.5. The van der Waals surface area contributed by atoms with Crippen molar-refractivity contribution in [1.82, 2.24) is 4.98 Å². The van der Waals surface area contributed by atoms with Crippen molar-refractivity contribution in [2.24, 2.45) is 5.92 Å². The van der Waals surface area contributed by atoms with Crippen LogP contribution in [0.15, 0.2) is 6.20 Å². The van der Waals surface area contributed by atoms with Crippen molar-refractivity contribution in [3.8, 4) is 0 Å². The zero-order valence-corrected chi connectivity index (χ0v) is 12.2. The van der Waals surface area contributed by atoms with Crippen LogP contribution in [0.25, 0.3) is 0 Å². The van der Waals surface area contributed by atoms with Gasteiger partial charge in [-0.2, -0.15) is 0 Å². The van der Waals surface area contributed by atoms with Gasteiger partial charge in [0.15, 0.2) is 11.7 Å². The first-order valence-electron chi connectivity index (χ1n) is 7.14. The summed E-state index contributed by atoms with van der Waals surface area (Å²) in [6, 6.07) is 0. The fourth-order valence-electron chi connectivity index (χ4n) is 2.27. The average Bonchev–Trinajstić information content (AvgIpc) is 3.22. The van der Waals surface area contributed by atoms with Crippen LogP contribution in [0.3, 0.4) is 0 Å². The molecule has 1 saturated heterocycles. The first-order chi connectivity index (χ1) is 9.74. The predicted molar refractivity (Wildman–Crippen MR) is 76.2 cm³/mol. The maximum absolute atomic E-state index is 12.0. The fourth-order valence-corrected chi connectivity index (χ4v) is 3.16. The lowest BCUT2D eigenvalue weighted by Gasteiger charge is -2.25. The number of nitrogens with zero attached hydrogens (tertiary/aromatic N) is 2. The molecule has 0 bridgehead atoms. The second-order valence-corrected chi connectivity index (χ2v) is 6.37. The largest absolute Gasteiger partial charge is 0.457 e. The highest BCUT2D eigenvalue weighted by Crippen LogP contribution is 2.30.